The van der Waals surface area contributed by atoms with Crippen molar-refractivity contribution in [2.24, 2.45) is 0 Å². The minimum atomic E-state index is 0.345. The third kappa shape index (κ3) is 1.60. The van der Waals surface area contributed by atoms with Crippen molar-refractivity contribution in [3.05, 3.63) is 11.6 Å². The number of anilines is 1. The Kier molecular flexibility index (Phi) is 2.94. The van der Waals surface area contributed by atoms with E-state index in [0.717, 1.165) is 5.03 Å². The molecule has 0 saturated heterocycles. The second-order valence-electron chi connectivity index (χ2n) is 2.95. The predicted octanol–water partition coefficient (Wildman–Crippen LogP) is 1.63. The Labute approximate surface area is 101 Å². The van der Waals surface area contributed by atoms with Gasteiger partial charge in [0.25, 0.3) is 0 Å². The molecule has 0 saturated carbocycles. The van der Waals surface area contributed by atoms with Crippen LogP contribution in [0.5, 0.6) is 0 Å². The Balaban J connectivity index is 2.80. The summed E-state index contributed by atoms with van der Waals surface area (Å²) in [7, 11) is 0. The first-order chi connectivity index (χ1) is 7.71. The van der Waals surface area contributed by atoms with Gasteiger partial charge in [-0.05, 0) is 12.5 Å². The Morgan fingerprint density at radius 1 is 1.44 bits per heavy atom. The molecule has 5 nitrogen and oxygen atoms in total. The van der Waals surface area contributed by atoms with E-state index in [1.165, 1.54) is 28.0 Å². The van der Waals surface area contributed by atoms with Crippen LogP contribution in [0, 0.1) is 11.3 Å². The first-order valence-corrected chi connectivity index (χ1v) is 6.83. The molecule has 2 N–H and O–H groups in total. The number of nitrogens with two attached hydrogens (primary N) is 1. The van der Waals surface area contributed by atoms with Gasteiger partial charge in [-0.25, -0.2) is 4.98 Å². The highest BCUT2D eigenvalue weighted by Crippen LogP contribution is 2.25. The van der Waals surface area contributed by atoms with E-state index in [1.54, 1.807) is 0 Å². The standard InChI is InChI=1S/C9H9N5S2/c1-15-7-3-6-12-9(16-2)5(4-10)8(11)14(6)13-7/h3H,11H2,1-2H3. The fourth-order valence-electron chi connectivity index (χ4n) is 1.34. The van der Waals surface area contributed by atoms with Crippen LogP contribution in [-0.2, 0) is 0 Å². The minimum Gasteiger partial charge on any atom is -0.382 e. The average molecular weight is 251 g/mol. The lowest BCUT2D eigenvalue weighted by atomic mass is 10.3. The monoisotopic (exact) mass is 251 g/mol. The van der Waals surface area contributed by atoms with Crippen molar-refractivity contribution in [2.45, 2.75) is 10.1 Å². The first kappa shape index (κ1) is 11.1. The number of hydrogen-bond acceptors (Lipinski definition) is 6. The maximum absolute atomic E-state index is 9.02. The van der Waals surface area contributed by atoms with Crippen LogP contribution in [0.4, 0.5) is 5.82 Å². The van der Waals surface area contributed by atoms with Crippen LogP contribution in [0.2, 0.25) is 0 Å². The summed E-state index contributed by atoms with van der Waals surface area (Å²) in [5.74, 6) is 0.345. The molecule has 2 aromatic rings. The van der Waals surface area contributed by atoms with Crippen LogP contribution in [0.25, 0.3) is 5.65 Å². The van der Waals surface area contributed by atoms with Crippen molar-refractivity contribution in [1.29, 1.82) is 5.26 Å². The van der Waals surface area contributed by atoms with Crippen molar-refractivity contribution in [1.82, 2.24) is 14.6 Å². The van der Waals surface area contributed by atoms with Gasteiger partial charge in [-0.3, -0.25) is 0 Å². The largest absolute Gasteiger partial charge is 0.382 e. The van der Waals surface area contributed by atoms with Gasteiger partial charge in [-0.1, -0.05) is 0 Å². The summed E-state index contributed by atoms with van der Waals surface area (Å²) >= 11 is 2.92. The summed E-state index contributed by atoms with van der Waals surface area (Å²) in [6.07, 6.45) is 3.80. The Morgan fingerprint density at radius 3 is 2.75 bits per heavy atom. The molecule has 0 unspecified atom stereocenters. The van der Waals surface area contributed by atoms with E-state index < -0.39 is 0 Å². The SMILES string of the molecule is CSc1cc2nc(SC)c(C#N)c(N)n2n1. The lowest BCUT2D eigenvalue weighted by molar-refractivity contribution is 0.881. The summed E-state index contributed by atoms with van der Waals surface area (Å²) in [5.41, 5.74) is 6.95. The molecule has 0 radical (unpaired) electrons. The molecule has 0 bridgehead atoms. The number of thioether (sulfide) groups is 2. The lowest BCUT2D eigenvalue weighted by Gasteiger charge is -2.04. The molecule has 2 rings (SSSR count). The molecule has 7 heteroatoms. The predicted molar refractivity (Wildman–Crippen MR) is 65.7 cm³/mol. The van der Waals surface area contributed by atoms with Crippen LogP contribution in [0.3, 0.4) is 0 Å². The van der Waals surface area contributed by atoms with Crippen molar-refractivity contribution >= 4 is 35.0 Å². The molecule has 0 aliphatic rings. The normalized spacial score (nSPS) is 10.6. The van der Waals surface area contributed by atoms with E-state index in [0.29, 0.717) is 22.1 Å². The zero-order chi connectivity index (χ0) is 11.7. The van der Waals surface area contributed by atoms with Crippen molar-refractivity contribution < 1.29 is 0 Å². The van der Waals surface area contributed by atoms with E-state index in [9.17, 15) is 0 Å². The topological polar surface area (TPSA) is 80.0 Å². The second-order valence-corrected chi connectivity index (χ2v) is 4.57. The molecule has 0 aliphatic carbocycles. The quantitative estimate of drug-likeness (QED) is 0.645. The third-order valence-electron chi connectivity index (χ3n) is 2.10. The van der Waals surface area contributed by atoms with Gasteiger partial charge in [0.1, 0.15) is 27.5 Å². The average Bonchev–Trinajstić information content (AvgIpc) is 2.72. The molecule has 0 amide bonds. The van der Waals surface area contributed by atoms with Crippen LogP contribution in [0.1, 0.15) is 5.56 Å². The first-order valence-electron chi connectivity index (χ1n) is 4.38. The van der Waals surface area contributed by atoms with Crippen molar-refractivity contribution in [3.63, 3.8) is 0 Å². The smallest absolute Gasteiger partial charge is 0.159 e. The molecule has 2 heterocycles. The number of aromatic nitrogens is 3. The Bertz CT molecular complexity index is 584. The highest BCUT2D eigenvalue weighted by molar-refractivity contribution is 7.98. The van der Waals surface area contributed by atoms with Gasteiger partial charge in [0.05, 0.1) is 0 Å². The summed E-state index contributed by atoms with van der Waals surface area (Å²) in [6, 6.07) is 3.91. The highest BCUT2D eigenvalue weighted by Gasteiger charge is 2.14. The fourth-order valence-corrected chi connectivity index (χ4v) is 2.26. The molecule has 16 heavy (non-hydrogen) atoms. The number of fused-ring (bicyclic) bond motifs is 1. The summed E-state index contributed by atoms with van der Waals surface area (Å²) in [5, 5.41) is 14.7. The number of nitrogens with zero attached hydrogens (tertiary/aromatic N) is 4. The van der Waals surface area contributed by atoms with Crippen LogP contribution in [-0.4, -0.2) is 27.1 Å². The van der Waals surface area contributed by atoms with Gasteiger partial charge < -0.3 is 5.73 Å². The summed E-state index contributed by atoms with van der Waals surface area (Å²) in [6.45, 7) is 0. The molecular weight excluding hydrogens is 242 g/mol. The highest BCUT2D eigenvalue weighted by atomic mass is 32.2. The second kappa shape index (κ2) is 4.23. The number of nitrogen functional groups attached to an aromatic ring is 1. The van der Waals surface area contributed by atoms with Gasteiger partial charge in [0, 0.05) is 6.07 Å². The van der Waals surface area contributed by atoms with E-state index in [4.69, 9.17) is 11.0 Å². The van der Waals surface area contributed by atoms with Gasteiger partial charge in [0.2, 0.25) is 0 Å². The van der Waals surface area contributed by atoms with E-state index in [1.807, 2.05) is 18.6 Å². The van der Waals surface area contributed by atoms with Crippen LogP contribution in [0.15, 0.2) is 16.1 Å². The molecule has 0 spiro atoms. The Hall–Kier alpha value is -1.39. The molecule has 0 aliphatic heterocycles. The Morgan fingerprint density at radius 2 is 2.19 bits per heavy atom. The zero-order valence-corrected chi connectivity index (χ0v) is 10.4. The maximum Gasteiger partial charge on any atom is 0.159 e. The van der Waals surface area contributed by atoms with Gasteiger partial charge >= 0.3 is 0 Å². The van der Waals surface area contributed by atoms with Crippen LogP contribution >= 0.6 is 23.5 Å². The van der Waals surface area contributed by atoms with Gasteiger partial charge in [0.15, 0.2) is 5.65 Å². The van der Waals surface area contributed by atoms with Gasteiger partial charge in [-0.2, -0.15) is 14.9 Å². The summed E-state index contributed by atoms with van der Waals surface area (Å²) < 4.78 is 1.50. The lowest BCUT2D eigenvalue weighted by Crippen LogP contribution is -2.05. The molecule has 2 aromatic heterocycles. The molecule has 0 fully saturated rings. The van der Waals surface area contributed by atoms with E-state index >= 15 is 0 Å². The fraction of sp³-hybridized carbons (Fsp3) is 0.222. The summed E-state index contributed by atoms with van der Waals surface area (Å²) in [4.78, 5) is 4.34. The van der Waals surface area contributed by atoms with E-state index in [2.05, 4.69) is 16.2 Å². The van der Waals surface area contributed by atoms with Crippen molar-refractivity contribution in [3.8, 4) is 6.07 Å². The van der Waals surface area contributed by atoms with Crippen molar-refractivity contribution in [2.75, 3.05) is 18.2 Å². The maximum atomic E-state index is 9.02. The zero-order valence-electron chi connectivity index (χ0n) is 8.76. The third-order valence-corrected chi connectivity index (χ3v) is 3.40. The molecule has 0 atom stereocenters. The molecule has 82 valence electrons. The minimum absolute atomic E-state index is 0.345. The molecular formula is C9H9N5S2. The number of hydrogen-bond donors (Lipinski definition) is 1. The van der Waals surface area contributed by atoms with Crippen LogP contribution < -0.4 is 5.73 Å². The molecule has 0 aromatic carbocycles. The van der Waals surface area contributed by atoms with E-state index in [-0.39, 0.29) is 0 Å². The van der Waals surface area contributed by atoms with Gasteiger partial charge in [-0.15, -0.1) is 23.5 Å². The number of nitriles is 1. The number of rotatable bonds is 2.